The molecule has 0 unspecified atom stereocenters. The average molecular weight is 485 g/mol. The van der Waals surface area contributed by atoms with Gasteiger partial charge in [-0.3, -0.25) is 9.52 Å². The number of ether oxygens (including phenoxy) is 3. The summed E-state index contributed by atoms with van der Waals surface area (Å²) < 4.78 is 44.5. The third kappa shape index (κ3) is 5.79. The van der Waals surface area contributed by atoms with Crippen LogP contribution in [0.3, 0.4) is 0 Å². The highest BCUT2D eigenvalue weighted by Gasteiger charge is 2.21. The van der Waals surface area contributed by atoms with Crippen molar-refractivity contribution in [2.24, 2.45) is 0 Å². The number of benzene rings is 3. The lowest BCUT2D eigenvalue weighted by Gasteiger charge is -2.14. The lowest BCUT2D eigenvalue weighted by Crippen LogP contribution is -2.26. The van der Waals surface area contributed by atoms with Crippen molar-refractivity contribution >= 4 is 21.6 Å². The molecule has 0 aliphatic rings. The van der Waals surface area contributed by atoms with Crippen molar-refractivity contribution in [3.8, 4) is 17.2 Å². The van der Waals surface area contributed by atoms with Crippen LogP contribution in [0.2, 0.25) is 0 Å². The van der Waals surface area contributed by atoms with E-state index in [0.717, 1.165) is 5.56 Å². The first-order chi connectivity index (χ1) is 16.3. The Kier molecular flexibility index (Phi) is 8.01. The monoisotopic (exact) mass is 484 g/mol. The predicted octanol–water partition coefficient (Wildman–Crippen LogP) is 3.79. The molecule has 0 saturated carbocycles. The predicted molar refractivity (Wildman–Crippen MR) is 131 cm³/mol. The number of rotatable bonds is 10. The maximum Gasteiger partial charge on any atom is 0.262 e. The first-order valence-electron chi connectivity index (χ1n) is 10.5. The molecule has 0 aromatic heterocycles. The van der Waals surface area contributed by atoms with Crippen LogP contribution in [-0.2, 0) is 16.4 Å². The van der Waals surface area contributed by atoms with E-state index >= 15 is 0 Å². The summed E-state index contributed by atoms with van der Waals surface area (Å²) in [5, 5.41) is 2.83. The zero-order valence-corrected chi connectivity index (χ0v) is 20.4. The lowest BCUT2D eigenvalue weighted by atomic mass is 10.1. The molecule has 0 radical (unpaired) electrons. The normalized spacial score (nSPS) is 10.9. The first kappa shape index (κ1) is 24.9. The van der Waals surface area contributed by atoms with E-state index in [4.69, 9.17) is 14.2 Å². The number of sulfonamides is 1. The fourth-order valence-corrected chi connectivity index (χ4v) is 4.77. The molecule has 180 valence electrons. The Balaban J connectivity index is 1.73. The smallest absolute Gasteiger partial charge is 0.262 e. The summed E-state index contributed by atoms with van der Waals surface area (Å²) in [6, 6.07) is 16.8. The van der Waals surface area contributed by atoms with Gasteiger partial charge in [-0.25, -0.2) is 8.42 Å². The highest BCUT2D eigenvalue weighted by molar-refractivity contribution is 7.92. The Morgan fingerprint density at radius 1 is 0.882 bits per heavy atom. The van der Waals surface area contributed by atoms with E-state index in [1.165, 1.54) is 13.2 Å². The molecule has 3 aromatic rings. The maximum absolute atomic E-state index is 13.1. The third-order valence-corrected chi connectivity index (χ3v) is 6.77. The van der Waals surface area contributed by atoms with Gasteiger partial charge in [-0.15, -0.1) is 0 Å². The van der Waals surface area contributed by atoms with Gasteiger partial charge in [0, 0.05) is 18.2 Å². The van der Waals surface area contributed by atoms with E-state index in [-0.39, 0.29) is 16.4 Å². The van der Waals surface area contributed by atoms with Gasteiger partial charge in [-0.1, -0.05) is 24.3 Å². The van der Waals surface area contributed by atoms with E-state index in [2.05, 4.69) is 10.0 Å². The van der Waals surface area contributed by atoms with Gasteiger partial charge in [-0.05, 0) is 54.8 Å². The van der Waals surface area contributed by atoms with Crippen molar-refractivity contribution in [1.82, 2.24) is 5.32 Å². The second kappa shape index (κ2) is 10.9. The zero-order chi connectivity index (χ0) is 24.7. The number of carbonyl (C=O) groups excluding carboxylic acids is 1. The summed E-state index contributed by atoms with van der Waals surface area (Å²) in [4.78, 5) is 12.8. The number of amides is 1. The van der Waals surface area contributed by atoms with E-state index in [1.807, 2.05) is 12.1 Å². The van der Waals surface area contributed by atoms with Gasteiger partial charge in [0.2, 0.25) is 0 Å². The molecule has 8 nitrogen and oxygen atoms in total. The van der Waals surface area contributed by atoms with Crippen molar-refractivity contribution in [1.29, 1.82) is 0 Å². The van der Waals surface area contributed by atoms with Crippen LogP contribution in [0.25, 0.3) is 0 Å². The summed E-state index contributed by atoms with van der Waals surface area (Å²) >= 11 is 0. The van der Waals surface area contributed by atoms with Gasteiger partial charge in [0.25, 0.3) is 15.9 Å². The van der Waals surface area contributed by atoms with Crippen LogP contribution in [-0.4, -0.2) is 42.2 Å². The largest absolute Gasteiger partial charge is 0.497 e. The summed E-state index contributed by atoms with van der Waals surface area (Å²) in [6.45, 7) is 2.02. The molecule has 0 fully saturated rings. The van der Waals surface area contributed by atoms with Crippen LogP contribution in [0.5, 0.6) is 17.2 Å². The minimum Gasteiger partial charge on any atom is -0.497 e. The molecule has 0 aliphatic heterocycles. The molecule has 3 rings (SSSR count). The summed E-state index contributed by atoms with van der Waals surface area (Å²) in [6.07, 6.45) is 0.533. The Hall–Kier alpha value is -3.72. The van der Waals surface area contributed by atoms with E-state index in [0.29, 0.717) is 41.5 Å². The van der Waals surface area contributed by atoms with Crippen molar-refractivity contribution in [2.45, 2.75) is 18.2 Å². The molecule has 0 spiro atoms. The molecule has 9 heteroatoms. The number of para-hydroxylation sites is 2. The van der Waals surface area contributed by atoms with Gasteiger partial charge in [-0.2, -0.15) is 0 Å². The molecule has 3 aromatic carbocycles. The fourth-order valence-electron chi connectivity index (χ4n) is 3.43. The van der Waals surface area contributed by atoms with E-state index < -0.39 is 10.0 Å². The van der Waals surface area contributed by atoms with E-state index in [1.54, 1.807) is 63.6 Å². The van der Waals surface area contributed by atoms with Crippen molar-refractivity contribution in [3.63, 3.8) is 0 Å². The zero-order valence-electron chi connectivity index (χ0n) is 19.5. The van der Waals surface area contributed by atoms with Crippen LogP contribution in [0.4, 0.5) is 5.69 Å². The number of aryl methyl sites for hydroxylation is 1. The number of anilines is 1. The highest BCUT2D eigenvalue weighted by Crippen LogP contribution is 2.28. The second-order valence-electron chi connectivity index (χ2n) is 7.47. The summed E-state index contributed by atoms with van der Waals surface area (Å²) in [5.41, 5.74) is 1.99. The Labute approximate surface area is 199 Å². The van der Waals surface area contributed by atoms with Gasteiger partial charge < -0.3 is 19.5 Å². The standard InChI is InChI=1S/C25H28N2O6S/c1-17-9-10-19(15-24(17)34(29,30)27-21-7-5-6-8-22(21)32-3)25(28)26-14-13-18-11-12-20(31-2)16-23(18)33-4/h5-12,15-16,27H,13-14H2,1-4H3,(H,26,28). The van der Waals surface area contributed by atoms with Gasteiger partial charge in [0.1, 0.15) is 17.2 Å². The Morgan fingerprint density at radius 2 is 1.62 bits per heavy atom. The number of carbonyl (C=O) groups is 1. The topological polar surface area (TPSA) is 103 Å². The maximum atomic E-state index is 13.1. The average Bonchev–Trinajstić information content (AvgIpc) is 2.84. The Morgan fingerprint density at radius 3 is 2.32 bits per heavy atom. The second-order valence-corrected chi connectivity index (χ2v) is 9.12. The van der Waals surface area contributed by atoms with Crippen LogP contribution >= 0.6 is 0 Å². The number of hydrogen-bond acceptors (Lipinski definition) is 6. The van der Waals surface area contributed by atoms with Crippen molar-refractivity contribution in [2.75, 3.05) is 32.6 Å². The summed E-state index contributed by atoms with van der Waals surface area (Å²) in [7, 11) is 0.667. The van der Waals surface area contributed by atoms with Gasteiger partial charge in [0.05, 0.1) is 31.9 Å². The molecule has 0 saturated heterocycles. The molecule has 0 bridgehead atoms. The molecule has 1 amide bonds. The SMILES string of the molecule is COc1ccc(CCNC(=O)c2ccc(C)c(S(=O)(=O)Nc3ccccc3OC)c2)c(OC)c1. The molecular formula is C25H28N2O6S. The third-order valence-electron chi connectivity index (χ3n) is 5.27. The van der Waals surface area contributed by atoms with Gasteiger partial charge >= 0.3 is 0 Å². The van der Waals surface area contributed by atoms with Crippen LogP contribution in [0.1, 0.15) is 21.5 Å². The lowest BCUT2D eigenvalue weighted by molar-refractivity contribution is 0.0954. The van der Waals surface area contributed by atoms with Crippen molar-refractivity contribution < 1.29 is 27.4 Å². The first-order valence-corrected chi connectivity index (χ1v) is 12.0. The number of methoxy groups -OCH3 is 3. The van der Waals surface area contributed by atoms with Crippen LogP contribution in [0, 0.1) is 6.92 Å². The highest BCUT2D eigenvalue weighted by atomic mass is 32.2. The van der Waals surface area contributed by atoms with Crippen LogP contribution in [0.15, 0.2) is 65.6 Å². The quantitative estimate of drug-likeness (QED) is 0.454. The number of nitrogens with one attached hydrogen (secondary N) is 2. The molecule has 0 atom stereocenters. The van der Waals surface area contributed by atoms with Crippen LogP contribution < -0.4 is 24.2 Å². The van der Waals surface area contributed by atoms with E-state index in [9.17, 15) is 13.2 Å². The molecule has 0 heterocycles. The Bertz CT molecular complexity index is 1270. The summed E-state index contributed by atoms with van der Waals surface area (Å²) in [5.74, 6) is 1.37. The molecule has 34 heavy (non-hydrogen) atoms. The number of hydrogen-bond donors (Lipinski definition) is 2. The minimum atomic E-state index is -3.95. The minimum absolute atomic E-state index is 0.0166. The molecule has 0 aliphatic carbocycles. The van der Waals surface area contributed by atoms with Crippen molar-refractivity contribution in [3.05, 3.63) is 77.4 Å². The van der Waals surface area contributed by atoms with Gasteiger partial charge in [0.15, 0.2) is 0 Å². The fraction of sp³-hybridized carbons (Fsp3) is 0.240. The molecular weight excluding hydrogens is 456 g/mol. The molecule has 2 N–H and O–H groups in total.